The predicted molar refractivity (Wildman–Crippen MR) is 171 cm³/mol. The minimum Gasteiger partial charge on any atom is -0.394 e. The van der Waals surface area contributed by atoms with E-state index in [2.05, 4.69) is 29.1 Å². The van der Waals surface area contributed by atoms with Crippen LogP contribution in [0.5, 0.6) is 0 Å². The van der Waals surface area contributed by atoms with Gasteiger partial charge in [-0.2, -0.15) is 0 Å². The molecular weight excluding hydrogens is 634 g/mol. The number of amides is 3. The molecule has 0 aromatic heterocycles. The Kier molecular flexibility index (Phi) is 9.18. The van der Waals surface area contributed by atoms with Crippen molar-refractivity contribution in [3.8, 4) is 0 Å². The molecule has 1 N–H and O–H groups in total. The van der Waals surface area contributed by atoms with E-state index in [1.807, 2.05) is 56.3 Å². The Balaban J connectivity index is 1.64. The number of aliphatic hydroxyl groups excluding tert-OH is 1. The number of benzene rings is 2. The number of carbonyl (C=O) groups excluding carboxylic acids is 3. The fourth-order valence-electron chi connectivity index (χ4n) is 7.21. The molecule has 228 valence electrons. The molecule has 3 aliphatic rings. The first-order valence-corrected chi connectivity index (χ1v) is 15.9. The van der Waals surface area contributed by atoms with Crippen LogP contribution in [-0.2, 0) is 19.1 Å². The fraction of sp³-hybridized carbons (Fsp3) is 0.424. The molecule has 3 heterocycles. The van der Waals surface area contributed by atoms with Gasteiger partial charge in [-0.3, -0.25) is 14.4 Å². The molecular formula is C33H37BrClN3O5. The first-order chi connectivity index (χ1) is 20.7. The van der Waals surface area contributed by atoms with E-state index in [0.29, 0.717) is 29.2 Å². The van der Waals surface area contributed by atoms with E-state index < -0.39 is 41.5 Å². The van der Waals surface area contributed by atoms with Crippen LogP contribution in [0, 0.1) is 18.8 Å². The third kappa shape index (κ3) is 5.04. The lowest BCUT2D eigenvalue weighted by molar-refractivity contribution is -0.144. The van der Waals surface area contributed by atoms with Crippen molar-refractivity contribution in [2.24, 2.45) is 11.8 Å². The molecule has 1 spiro atoms. The molecule has 5 rings (SSSR count). The Morgan fingerprint density at radius 1 is 1.14 bits per heavy atom. The number of para-hydroxylation sites is 2. The van der Waals surface area contributed by atoms with Crippen LogP contribution in [0.1, 0.15) is 25.3 Å². The van der Waals surface area contributed by atoms with Crippen molar-refractivity contribution in [1.29, 1.82) is 0 Å². The van der Waals surface area contributed by atoms with Gasteiger partial charge in [0.2, 0.25) is 11.8 Å². The molecule has 3 unspecified atom stereocenters. The summed E-state index contributed by atoms with van der Waals surface area (Å²) >= 11 is 10.4. The van der Waals surface area contributed by atoms with E-state index in [1.54, 1.807) is 28.0 Å². The van der Waals surface area contributed by atoms with Gasteiger partial charge in [-0.15, -0.1) is 13.2 Å². The second kappa shape index (κ2) is 12.6. The normalized spacial score (nSPS) is 28.0. The third-order valence-corrected chi connectivity index (χ3v) is 10.2. The number of fused-ring (bicyclic) bond motifs is 1. The van der Waals surface area contributed by atoms with E-state index in [4.69, 9.17) is 16.3 Å². The van der Waals surface area contributed by atoms with E-state index >= 15 is 0 Å². The van der Waals surface area contributed by atoms with E-state index in [9.17, 15) is 19.5 Å². The van der Waals surface area contributed by atoms with Gasteiger partial charge >= 0.3 is 0 Å². The van der Waals surface area contributed by atoms with Gasteiger partial charge in [0, 0.05) is 23.6 Å². The number of nitrogens with zero attached hydrogens (tertiary/aromatic N) is 3. The van der Waals surface area contributed by atoms with Gasteiger partial charge in [-0.1, -0.05) is 76.9 Å². The average molecular weight is 671 g/mol. The van der Waals surface area contributed by atoms with Crippen LogP contribution in [0.25, 0.3) is 0 Å². The molecule has 0 aliphatic carbocycles. The molecule has 0 radical (unpaired) electrons. The summed E-state index contributed by atoms with van der Waals surface area (Å²) in [6.45, 7) is 11.5. The van der Waals surface area contributed by atoms with Gasteiger partial charge in [0.05, 0.1) is 41.3 Å². The van der Waals surface area contributed by atoms with E-state index in [0.717, 1.165) is 5.56 Å². The highest BCUT2D eigenvalue weighted by Crippen LogP contribution is 2.61. The molecule has 3 aliphatic heterocycles. The van der Waals surface area contributed by atoms with Crippen molar-refractivity contribution < 1.29 is 24.2 Å². The predicted octanol–water partition coefficient (Wildman–Crippen LogP) is 4.91. The number of aryl methyl sites for hydroxylation is 1. The van der Waals surface area contributed by atoms with Gasteiger partial charge < -0.3 is 24.5 Å². The Hall–Kier alpha value is -2.98. The lowest BCUT2D eigenvalue weighted by Gasteiger charge is -2.39. The highest BCUT2D eigenvalue weighted by Gasteiger charge is 2.77. The van der Waals surface area contributed by atoms with Crippen LogP contribution >= 0.6 is 27.5 Å². The molecule has 2 aromatic rings. The molecule has 7 atom stereocenters. The largest absolute Gasteiger partial charge is 0.394 e. The SMILES string of the molecule is C=CCN(C(=O)[C@H]1[C@@H]2OC3(CC2Br)C(C(=O)N(CC=C)c2c(C)cccc2Cl)N([C@@H](CC)CO)C(=O)[C@H]13)c1ccccc1. The molecule has 10 heteroatoms. The van der Waals surface area contributed by atoms with E-state index in [-0.39, 0.29) is 36.3 Å². The topological polar surface area (TPSA) is 90.4 Å². The zero-order valence-electron chi connectivity index (χ0n) is 24.4. The van der Waals surface area contributed by atoms with Gasteiger partial charge in [-0.25, -0.2) is 0 Å². The standard InChI is InChI=1S/C33H37BrClN3O5/c1-5-16-36(22-13-9-8-10-14-22)30(40)25-26-31(41)38(21(7-3)19-39)29(33(26)18-23(34)28(25)43-33)32(42)37(17-6-2)27-20(4)12-11-15-24(27)35/h5-6,8-15,21,23,25-26,28-29,39H,1-2,7,16-19H2,3-4H3/t21-,23?,25+,26-,28+,29?,33?/m0/s1. The molecule has 43 heavy (non-hydrogen) atoms. The number of likely N-dealkylation sites (tertiary alicyclic amines) is 1. The summed E-state index contributed by atoms with van der Waals surface area (Å²) in [5.74, 6) is -2.78. The van der Waals surface area contributed by atoms with Gasteiger partial charge in [0.15, 0.2) is 0 Å². The maximum atomic E-state index is 14.8. The summed E-state index contributed by atoms with van der Waals surface area (Å²) in [4.78, 5) is 48.2. The summed E-state index contributed by atoms with van der Waals surface area (Å²) in [6.07, 6.45) is 3.39. The number of alkyl halides is 1. The highest BCUT2D eigenvalue weighted by molar-refractivity contribution is 9.09. The summed E-state index contributed by atoms with van der Waals surface area (Å²) in [7, 11) is 0. The Labute approximate surface area is 266 Å². The maximum Gasteiger partial charge on any atom is 0.253 e. The van der Waals surface area contributed by atoms with Crippen LogP contribution in [-0.4, -0.2) is 76.0 Å². The van der Waals surface area contributed by atoms with Crippen molar-refractivity contribution >= 4 is 56.6 Å². The second-order valence-electron chi connectivity index (χ2n) is 11.4. The van der Waals surface area contributed by atoms with Gasteiger partial charge in [0.1, 0.15) is 11.6 Å². The molecule has 8 nitrogen and oxygen atoms in total. The number of carbonyl (C=O) groups is 3. The molecule has 2 bridgehead atoms. The number of ether oxygens (including phenoxy) is 1. The monoisotopic (exact) mass is 669 g/mol. The summed E-state index contributed by atoms with van der Waals surface area (Å²) < 4.78 is 6.72. The summed E-state index contributed by atoms with van der Waals surface area (Å²) in [5, 5.41) is 10.8. The summed E-state index contributed by atoms with van der Waals surface area (Å²) in [6, 6.07) is 12.9. The molecule has 3 saturated heterocycles. The molecule has 3 fully saturated rings. The highest BCUT2D eigenvalue weighted by atomic mass is 79.9. The molecule has 0 saturated carbocycles. The van der Waals surface area contributed by atoms with Crippen molar-refractivity contribution in [1.82, 2.24) is 4.90 Å². The average Bonchev–Trinajstić information content (AvgIpc) is 3.59. The quantitative estimate of drug-likeness (QED) is 0.271. The van der Waals surface area contributed by atoms with Gasteiger partial charge in [0.25, 0.3) is 5.91 Å². The lowest BCUT2D eigenvalue weighted by Crippen LogP contribution is -2.59. The second-order valence-corrected chi connectivity index (χ2v) is 13.0. The first-order valence-electron chi connectivity index (χ1n) is 14.6. The van der Waals surface area contributed by atoms with Crippen molar-refractivity contribution in [3.63, 3.8) is 0 Å². The fourth-order valence-corrected chi connectivity index (χ4v) is 8.48. The third-order valence-electron chi connectivity index (χ3n) is 9.00. The minimum atomic E-state index is -1.29. The van der Waals surface area contributed by atoms with Crippen LogP contribution in [0.4, 0.5) is 11.4 Å². The first kappa shape index (κ1) is 31.4. The number of anilines is 2. The zero-order chi connectivity index (χ0) is 31.1. The zero-order valence-corrected chi connectivity index (χ0v) is 26.7. The van der Waals surface area contributed by atoms with Crippen LogP contribution in [0.3, 0.4) is 0 Å². The number of aliphatic hydroxyl groups is 1. The molecule has 2 aromatic carbocycles. The van der Waals surface area contributed by atoms with Crippen LogP contribution in [0.2, 0.25) is 5.02 Å². The van der Waals surface area contributed by atoms with Crippen molar-refractivity contribution in [3.05, 3.63) is 84.4 Å². The van der Waals surface area contributed by atoms with Crippen molar-refractivity contribution in [2.45, 2.75) is 55.3 Å². The molecule has 3 amide bonds. The minimum absolute atomic E-state index is 0.142. The number of hydrogen-bond acceptors (Lipinski definition) is 5. The number of hydrogen-bond donors (Lipinski definition) is 1. The number of halogens is 2. The Morgan fingerprint density at radius 3 is 2.42 bits per heavy atom. The summed E-state index contributed by atoms with van der Waals surface area (Å²) in [5.41, 5.74) is 0.697. The van der Waals surface area contributed by atoms with Crippen LogP contribution in [0.15, 0.2) is 73.8 Å². The Morgan fingerprint density at radius 2 is 1.81 bits per heavy atom. The number of rotatable bonds is 11. The maximum absolute atomic E-state index is 14.8. The Bertz CT molecular complexity index is 1400. The van der Waals surface area contributed by atoms with Crippen LogP contribution < -0.4 is 9.80 Å². The van der Waals surface area contributed by atoms with Gasteiger partial charge in [-0.05, 0) is 43.5 Å². The lowest BCUT2D eigenvalue weighted by atomic mass is 9.70. The van der Waals surface area contributed by atoms with E-state index in [1.165, 1.54) is 4.90 Å². The van der Waals surface area contributed by atoms with Crippen molar-refractivity contribution in [2.75, 3.05) is 29.5 Å². The smallest absolute Gasteiger partial charge is 0.253 e.